The molecule has 0 radical (unpaired) electrons. The average Bonchev–Trinajstić information content (AvgIpc) is 2.63. The van der Waals surface area contributed by atoms with Gasteiger partial charge in [0.15, 0.2) is 11.5 Å². The summed E-state index contributed by atoms with van der Waals surface area (Å²) in [5.74, 6) is 2.21. The number of quaternary nitrogens is 1. The van der Waals surface area contributed by atoms with Crippen LogP contribution in [-0.2, 0) is 6.42 Å². The molecular weight excluding hydrogens is 230 g/mol. The van der Waals surface area contributed by atoms with Gasteiger partial charge < -0.3 is 32.4 Å². The molecule has 16 heavy (non-hydrogen) atoms. The summed E-state index contributed by atoms with van der Waals surface area (Å²) in [4.78, 5) is 0. The van der Waals surface area contributed by atoms with Gasteiger partial charge in [0.25, 0.3) is 0 Å². The third kappa shape index (κ3) is 2.51. The Labute approximate surface area is 101 Å². The van der Waals surface area contributed by atoms with Crippen LogP contribution >= 0.6 is 0 Å². The molecule has 0 amide bonds. The normalized spacial score (nSPS) is 14.2. The molecule has 1 atom stereocenters. The van der Waals surface area contributed by atoms with E-state index in [0.717, 1.165) is 17.9 Å². The van der Waals surface area contributed by atoms with E-state index in [1.165, 1.54) is 5.56 Å². The molecule has 4 nitrogen and oxygen atoms in total. The van der Waals surface area contributed by atoms with Crippen molar-refractivity contribution in [2.75, 3.05) is 13.9 Å². The molecule has 3 N–H and O–H groups in total. The largest absolute Gasteiger partial charge is 1.00 e. The van der Waals surface area contributed by atoms with E-state index in [4.69, 9.17) is 14.2 Å². The van der Waals surface area contributed by atoms with Gasteiger partial charge in [0.05, 0.1) is 13.2 Å². The van der Waals surface area contributed by atoms with Gasteiger partial charge in [-0.1, -0.05) is 0 Å². The molecule has 0 bridgehead atoms. The Kier molecular flexibility index (Phi) is 4.26. The monoisotopic (exact) mass is 245 g/mol. The summed E-state index contributed by atoms with van der Waals surface area (Å²) in [7, 11) is 1.63. The molecule has 90 valence electrons. The van der Waals surface area contributed by atoms with Gasteiger partial charge in [-0.2, -0.15) is 0 Å². The summed E-state index contributed by atoms with van der Waals surface area (Å²) in [5.41, 5.74) is 5.14. The van der Waals surface area contributed by atoms with E-state index < -0.39 is 0 Å². The molecular formula is C11H16ClNO3. The number of fused-ring (bicyclic) bond motifs is 1. The smallest absolute Gasteiger partial charge is 0.231 e. The average molecular weight is 246 g/mol. The van der Waals surface area contributed by atoms with E-state index in [-0.39, 0.29) is 19.2 Å². The van der Waals surface area contributed by atoms with Crippen LogP contribution in [0.25, 0.3) is 0 Å². The Balaban J connectivity index is 0.00000128. The second kappa shape index (κ2) is 5.27. The van der Waals surface area contributed by atoms with Crippen molar-refractivity contribution in [2.45, 2.75) is 19.4 Å². The van der Waals surface area contributed by atoms with Gasteiger partial charge in [0.2, 0.25) is 12.5 Å². The van der Waals surface area contributed by atoms with Crippen molar-refractivity contribution < 1.29 is 32.4 Å². The Bertz CT molecular complexity index is 368. The van der Waals surface area contributed by atoms with Crippen molar-refractivity contribution in [1.29, 1.82) is 0 Å². The van der Waals surface area contributed by atoms with Crippen molar-refractivity contribution in [3.63, 3.8) is 0 Å². The number of ether oxygens (including phenoxy) is 3. The zero-order valence-corrected chi connectivity index (χ0v) is 10.2. The van der Waals surface area contributed by atoms with Crippen LogP contribution < -0.4 is 32.4 Å². The predicted octanol–water partition coefficient (Wildman–Crippen LogP) is -2.40. The maximum absolute atomic E-state index is 5.34. The maximum atomic E-state index is 5.34. The molecule has 0 spiro atoms. The number of halogens is 1. The Morgan fingerprint density at radius 3 is 2.81 bits per heavy atom. The van der Waals surface area contributed by atoms with E-state index in [0.29, 0.717) is 11.8 Å². The minimum absolute atomic E-state index is 0. The minimum Gasteiger partial charge on any atom is -1.00 e. The summed E-state index contributed by atoms with van der Waals surface area (Å²) in [6.45, 7) is 2.35. The number of hydrogen-bond donors (Lipinski definition) is 1. The summed E-state index contributed by atoms with van der Waals surface area (Å²) in [6.07, 6.45) is 0.910. The first-order valence-corrected chi connectivity index (χ1v) is 5.00. The maximum Gasteiger partial charge on any atom is 0.231 e. The van der Waals surface area contributed by atoms with Crippen molar-refractivity contribution in [2.24, 2.45) is 0 Å². The Hall–Kier alpha value is -1.13. The van der Waals surface area contributed by atoms with E-state index in [1.807, 2.05) is 12.1 Å². The third-order valence-electron chi connectivity index (χ3n) is 2.30. The number of benzene rings is 1. The van der Waals surface area contributed by atoms with Gasteiger partial charge in [-0.25, -0.2) is 0 Å². The fourth-order valence-corrected chi connectivity index (χ4v) is 1.70. The van der Waals surface area contributed by atoms with Gasteiger partial charge in [0.1, 0.15) is 0 Å². The van der Waals surface area contributed by atoms with Crippen molar-refractivity contribution in [3.8, 4) is 17.2 Å². The fraction of sp³-hybridized carbons (Fsp3) is 0.455. The van der Waals surface area contributed by atoms with Gasteiger partial charge in [-0.15, -0.1) is 0 Å². The van der Waals surface area contributed by atoms with E-state index in [1.54, 1.807) is 7.11 Å². The molecule has 1 aliphatic heterocycles. The first kappa shape index (κ1) is 12.9. The summed E-state index contributed by atoms with van der Waals surface area (Å²) >= 11 is 0. The lowest BCUT2D eigenvalue weighted by atomic mass is 10.1. The lowest BCUT2D eigenvalue weighted by Gasteiger charge is -2.08. The Morgan fingerprint density at radius 1 is 1.44 bits per heavy atom. The molecule has 1 unspecified atom stereocenters. The quantitative estimate of drug-likeness (QED) is 0.646. The SMILES string of the molecule is COc1cc(CC(C)[NH3+])cc2c1OCO2.[Cl-]. The molecule has 1 aliphatic rings. The molecule has 1 heterocycles. The molecule has 1 aromatic rings. The van der Waals surface area contributed by atoms with Crippen LogP contribution in [0.3, 0.4) is 0 Å². The van der Waals surface area contributed by atoms with E-state index >= 15 is 0 Å². The lowest BCUT2D eigenvalue weighted by molar-refractivity contribution is -0.413. The van der Waals surface area contributed by atoms with Gasteiger partial charge >= 0.3 is 0 Å². The molecule has 0 saturated carbocycles. The van der Waals surface area contributed by atoms with Crippen LogP contribution in [0.15, 0.2) is 12.1 Å². The molecule has 0 aromatic heterocycles. The predicted molar refractivity (Wildman–Crippen MR) is 55.2 cm³/mol. The highest BCUT2D eigenvalue weighted by atomic mass is 35.5. The number of rotatable bonds is 3. The summed E-state index contributed by atoms with van der Waals surface area (Å²) in [6, 6.07) is 4.34. The molecule has 0 aliphatic carbocycles. The highest BCUT2D eigenvalue weighted by Crippen LogP contribution is 2.41. The highest BCUT2D eigenvalue weighted by Gasteiger charge is 2.20. The van der Waals surface area contributed by atoms with Crippen molar-refractivity contribution in [1.82, 2.24) is 0 Å². The van der Waals surface area contributed by atoms with Crippen LogP contribution in [-0.4, -0.2) is 19.9 Å². The molecule has 2 rings (SSSR count). The first-order valence-electron chi connectivity index (χ1n) is 5.00. The van der Waals surface area contributed by atoms with Gasteiger partial charge in [-0.05, 0) is 24.6 Å². The van der Waals surface area contributed by atoms with Crippen LogP contribution in [0.1, 0.15) is 12.5 Å². The molecule has 0 fully saturated rings. The number of hydrogen-bond acceptors (Lipinski definition) is 3. The topological polar surface area (TPSA) is 55.3 Å². The van der Waals surface area contributed by atoms with Crippen molar-refractivity contribution in [3.05, 3.63) is 17.7 Å². The van der Waals surface area contributed by atoms with Crippen LogP contribution in [0.5, 0.6) is 17.2 Å². The van der Waals surface area contributed by atoms with E-state index in [9.17, 15) is 0 Å². The van der Waals surface area contributed by atoms with Crippen LogP contribution in [0, 0.1) is 0 Å². The summed E-state index contributed by atoms with van der Waals surface area (Å²) < 4.78 is 15.9. The van der Waals surface area contributed by atoms with Crippen molar-refractivity contribution >= 4 is 0 Å². The van der Waals surface area contributed by atoms with Gasteiger partial charge in [0, 0.05) is 6.42 Å². The second-order valence-corrected chi connectivity index (χ2v) is 3.84. The Morgan fingerprint density at radius 2 is 2.19 bits per heavy atom. The fourth-order valence-electron chi connectivity index (χ4n) is 1.70. The standard InChI is InChI=1S/C11H15NO3.ClH/c1-7(12)3-8-4-9(13-2)11-10(5-8)14-6-15-11;/h4-5,7H,3,6,12H2,1-2H3;1H. The van der Waals surface area contributed by atoms with Gasteiger partial charge in [-0.3, -0.25) is 0 Å². The van der Waals surface area contributed by atoms with E-state index in [2.05, 4.69) is 12.7 Å². The molecule has 5 heteroatoms. The minimum atomic E-state index is 0. The zero-order valence-electron chi connectivity index (χ0n) is 9.46. The third-order valence-corrected chi connectivity index (χ3v) is 2.30. The lowest BCUT2D eigenvalue weighted by Crippen LogP contribution is -3.00. The second-order valence-electron chi connectivity index (χ2n) is 3.84. The molecule has 0 saturated heterocycles. The van der Waals surface area contributed by atoms with Crippen LogP contribution in [0.4, 0.5) is 0 Å². The van der Waals surface area contributed by atoms with Crippen LogP contribution in [0.2, 0.25) is 0 Å². The zero-order chi connectivity index (χ0) is 10.8. The number of methoxy groups -OCH3 is 1. The summed E-state index contributed by atoms with van der Waals surface area (Å²) in [5, 5.41) is 0. The first-order chi connectivity index (χ1) is 7.20. The highest BCUT2D eigenvalue weighted by molar-refractivity contribution is 5.55. The molecule has 1 aromatic carbocycles.